The van der Waals surface area contributed by atoms with E-state index in [0.717, 1.165) is 33.5 Å². The quantitative estimate of drug-likeness (QED) is 0.245. The van der Waals surface area contributed by atoms with E-state index < -0.39 is 0 Å². The molecule has 4 N–H and O–H groups in total. The number of hydrogen-bond acceptors (Lipinski definition) is 9. The summed E-state index contributed by atoms with van der Waals surface area (Å²) in [7, 11) is 0. The SMILES string of the molecule is CCOC(=O)Cc1cc2cc(Sc3nc(C4CC(O)C4)c4c(Cl)c(CC)[nH]c4n3)cnc2c(N)n1. The molecule has 0 radical (unpaired) electrons. The number of nitrogens with one attached hydrogen (secondary N) is 1. The first-order valence-corrected chi connectivity index (χ1v) is 12.7. The lowest BCUT2D eigenvalue weighted by molar-refractivity contribution is -0.142. The zero-order valence-corrected chi connectivity index (χ0v) is 20.9. The molecule has 9 nitrogen and oxygen atoms in total. The van der Waals surface area contributed by atoms with Crippen molar-refractivity contribution in [1.82, 2.24) is 24.9 Å². The van der Waals surface area contributed by atoms with Gasteiger partial charge in [-0.25, -0.2) is 15.0 Å². The predicted molar refractivity (Wildman–Crippen MR) is 135 cm³/mol. The molecule has 0 amide bonds. The predicted octanol–water partition coefficient (Wildman–Crippen LogP) is 4.19. The largest absolute Gasteiger partial charge is 0.466 e. The molecule has 0 aromatic carbocycles. The highest BCUT2D eigenvalue weighted by Crippen LogP contribution is 2.42. The molecular formula is C24H25ClN6O3S. The first kappa shape index (κ1) is 23.8. The molecule has 1 fully saturated rings. The second kappa shape index (κ2) is 9.60. The molecule has 0 unspecified atom stereocenters. The molecular weight excluding hydrogens is 488 g/mol. The summed E-state index contributed by atoms with van der Waals surface area (Å²) in [5.74, 6) is 0.0394. The van der Waals surface area contributed by atoms with Crippen LogP contribution in [0.3, 0.4) is 0 Å². The third-order valence-electron chi connectivity index (χ3n) is 6.08. The van der Waals surface area contributed by atoms with Crippen LogP contribution in [0.5, 0.6) is 0 Å². The maximum Gasteiger partial charge on any atom is 0.311 e. The number of halogens is 1. The lowest BCUT2D eigenvalue weighted by atomic mass is 9.79. The monoisotopic (exact) mass is 512 g/mol. The van der Waals surface area contributed by atoms with E-state index in [1.165, 1.54) is 11.8 Å². The number of aromatic nitrogens is 5. The van der Waals surface area contributed by atoms with E-state index >= 15 is 0 Å². The number of aliphatic hydroxyl groups is 1. The van der Waals surface area contributed by atoms with Crippen molar-refractivity contribution in [2.75, 3.05) is 12.3 Å². The molecule has 0 saturated heterocycles. The minimum absolute atomic E-state index is 0.0368. The Labute approximate surface area is 210 Å². The molecule has 4 heterocycles. The van der Waals surface area contributed by atoms with Crippen LogP contribution in [0.1, 0.15) is 49.7 Å². The van der Waals surface area contributed by atoms with E-state index in [-0.39, 0.29) is 30.2 Å². The topological polar surface area (TPSA) is 140 Å². The van der Waals surface area contributed by atoms with Crippen molar-refractivity contribution in [3.8, 4) is 0 Å². The van der Waals surface area contributed by atoms with Gasteiger partial charge in [-0.3, -0.25) is 9.78 Å². The fourth-order valence-electron chi connectivity index (χ4n) is 4.32. The summed E-state index contributed by atoms with van der Waals surface area (Å²) in [6.45, 7) is 4.10. The number of carbonyl (C=O) groups excluding carboxylic acids is 1. The van der Waals surface area contributed by atoms with Crippen LogP contribution in [0.4, 0.5) is 5.82 Å². The number of esters is 1. The second-order valence-corrected chi connectivity index (χ2v) is 9.95. The summed E-state index contributed by atoms with van der Waals surface area (Å²) in [5, 5.41) is 12.7. The Kier molecular flexibility index (Phi) is 6.52. The summed E-state index contributed by atoms with van der Waals surface area (Å²) in [6.07, 6.45) is 3.50. The molecule has 1 saturated carbocycles. The van der Waals surface area contributed by atoms with Crippen LogP contribution in [-0.4, -0.2) is 48.7 Å². The standard InChI is InChI=1S/C24H25ClN6O3S/c1-3-16-19(25)18-20(12-6-14(32)7-12)30-24(31-23(18)29-16)35-15-8-11-5-13(9-17(33)34-4-2)28-22(26)21(11)27-10-15/h5,8,10,12,14,32H,3-4,6-7,9H2,1-2H3,(H2,26,28)(H,29,30,31). The molecule has 0 atom stereocenters. The molecule has 182 valence electrons. The van der Waals surface area contributed by atoms with Crippen molar-refractivity contribution in [3.05, 3.63) is 40.4 Å². The first-order chi connectivity index (χ1) is 16.9. The van der Waals surface area contributed by atoms with Crippen LogP contribution in [0.15, 0.2) is 28.4 Å². The van der Waals surface area contributed by atoms with Crippen LogP contribution in [0.25, 0.3) is 21.9 Å². The van der Waals surface area contributed by atoms with Gasteiger partial charge in [0.2, 0.25) is 0 Å². The van der Waals surface area contributed by atoms with Gasteiger partial charge >= 0.3 is 5.97 Å². The average Bonchev–Trinajstić information content (AvgIpc) is 3.12. The summed E-state index contributed by atoms with van der Waals surface area (Å²) in [5.41, 5.74) is 9.65. The molecule has 0 bridgehead atoms. The van der Waals surface area contributed by atoms with Crippen molar-refractivity contribution < 1.29 is 14.6 Å². The third kappa shape index (κ3) is 4.65. The van der Waals surface area contributed by atoms with Gasteiger partial charge < -0.3 is 20.6 Å². The van der Waals surface area contributed by atoms with Gasteiger partial charge in [-0.1, -0.05) is 18.5 Å². The van der Waals surface area contributed by atoms with Crippen LogP contribution >= 0.6 is 23.4 Å². The minimum atomic E-state index is -0.358. The summed E-state index contributed by atoms with van der Waals surface area (Å²) >= 11 is 8.02. The number of aliphatic hydroxyl groups excluding tert-OH is 1. The second-order valence-electron chi connectivity index (χ2n) is 8.53. The number of anilines is 1. The van der Waals surface area contributed by atoms with Crippen molar-refractivity contribution in [3.63, 3.8) is 0 Å². The average molecular weight is 513 g/mol. The van der Waals surface area contributed by atoms with E-state index in [0.29, 0.717) is 46.5 Å². The smallest absolute Gasteiger partial charge is 0.311 e. The number of ether oxygens (including phenoxy) is 1. The van der Waals surface area contributed by atoms with E-state index in [9.17, 15) is 9.90 Å². The number of nitrogen functional groups attached to an aromatic ring is 1. The van der Waals surface area contributed by atoms with Crippen molar-refractivity contribution in [1.29, 1.82) is 0 Å². The van der Waals surface area contributed by atoms with Gasteiger partial charge in [0.15, 0.2) is 5.16 Å². The summed E-state index contributed by atoms with van der Waals surface area (Å²) < 4.78 is 5.02. The van der Waals surface area contributed by atoms with Gasteiger partial charge in [-0.2, -0.15) is 0 Å². The molecule has 11 heteroatoms. The van der Waals surface area contributed by atoms with E-state index in [4.69, 9.17) is 32.0 Å². The molecule has 0 spiro atoms. The van der Waals surface area contributed by atoms with E-state index in [2.05, 4.69) is 15.0 Å². The number of nitrogens with two attached hydrogens (primary N) is 1. The Balaban J connectivity index is 1.50. The Hall–Kier alpha value is -2.95. The lowest BCUT2D eigenvalue weighted by Gasteiger charge is -2.31. The summed E-state index contributed by atoms with van der Waals surface area (Å²) in [6, 6.07) is 3.72. The highest BCUT2D eigenvalue weighted by atomic mass is 35.5. The molecule has 1 aliphatic carbocycles. The minimum Gasteiger partial charge on any atom is -0.466 e. The third-order valence-corrected chi connectivity index (χ3v) is 7.33. The lowest BCUT2D eigenvalue weighted by Crippen LogP contribution is -2.27. The maximum absolute atomic E-state index is 11.9. The van der Waals surface area contributed by atoms with Crippen LogP contribution in [0.2, 0.25) is 5.02 Å². The first-order valence-electron chi connectivity index (χ1n) is 11.5. The number of H-pyrrole nitrogens is 1. The van der Waals surface area contributed by atoms with Crippen LogP contribution in [-0.2, 0) is 22.4 Å². The Morgan fingerprint density at radius 2 is 2.09 bits per heavy atom. The van der Waals surface area contributed by atoms with Crippen molar-refractivity contribution >= 4 is 57.1 Å². The summed E-state index contributed by atoms with van der Waals surface area (Å²) in [4.78, 5) is 34.4. The van der Waals surface area contributed by atoms with Gasteiger partial charge in [-0.05, 0) is 50.1 Å². The zero-order chi connectivity index (χ0) is 24.7. The molecule has 0 aliphatic heterocycles. The highest BCUT2D eigenvalue weighted by Gasteiger charge is 2.33. The fourth-order valence-corrected chi connectivity index (χ4v) is 5.48. The van der Waals surface area contributed by atoms with Crippen LogP contribution in [0, 0.1) is 0 Å². The number of carbonyl (C=O) groups is 1. The van der Waals surface area contributed by atoms with Crippen LogP contribution < -0.4 is 5.73 Å². The number of aryl methyl sites for hydroxylation is 1. The van der Waals surface area contributed by atoms with Crippen molar-refractivity contribution in [2.24, 2.45) is 0 Å². The number of fused-ring (bicyclic) bond motifs is 2. The van der Waals surface area contributed by atoms with Gasteiger partial charge in [0.25, 0.3) is 0 Å². The maximum atomic E-state index is 11.9. The molecule has 4 aromatic rings. The van der Waals surface area contributed by atoms with E-state index in [1.54, 1.807) is 19.2 Å². The fraction of sp³-hybridized carbons (Fsp3) is 0.375. The molecule has 5 rings (SSSR count). The normalized spacial score (nSPS) is 17.6. The Morgan fingerprint density at radius 3 is 2.80 bits per heavy atom. The zero-order valence-electron chi connectivity index (χ0n) is 19.3. The van der Waals surface area contributed by atoms with Gasteiger partial charge in [0.1, 0.15) is 17.0 Å². The van der Waals surface area contributed by atoms with E-state index in [1.807, 2.05) is 13.0 Å². The molecule has 1 aliphatic rings. The number of nitrogens with zero attached hydrogens (tertiary/aromatic N) is 4. The van der Waals surface area contributed by atoms with Crippen molar-refractivity contribution in [2.45, 2.75) is 61.6 Å². The Bertz CT molecular complexity index is 1440. The number of pyridine rings is 2. The van der Waals surface area contributed by atoms with Gasteiger partial charge in [0, 0.05) is 28.1 Å². The number of aromatic amines is 1. The molecule has 35 heavy (non-hydrogen) atoms. The number of rotatable bonds is 7. The van der Waals surface area contributed by atoms with Gasteiger partial charge in [0.05, 0.1) is 40.9 Å². The van der Waals surface area contributed by atoms with Gasteiger partial charge in [-0.15, -0.1) is 0 Å². The highest BCUT2D eigenvalue weighted by molar-refractivity contribution is 7.99. The molecule has 4 aromatic heterocycles. The number of hydrogen-bond donors (Lipinski definition) is 3. The Morgan fingerprint density at radius 1 is 1.29 bits per heavy atom.